The van der Waals surface area contributed by atoms with Gasteiger partial charge in [-0.05, 0) is 52.1 Å². The van der Waals surface area contributed by atoms with Crippen molar-refractivity contribution in [1.29, 1.82) is 0 Å². The molecule has 0 aliphatic heterocycles. The molecule has 0 aromatic heterocycles. The summed E-state index contributed by atoms with van der Waals surface area (Å²) in [7, 11) is -1.72. The Hall–Kier alpha value is -3.10. The van der Waals surface area contributed by atoms with Crippen LogP contribution < -0.4 is 20.5 Å². The Morgan fingerprint density at radius 1 is 1.00 bits per heavy atom. The molecule has 0 spiro atoms. The average molecular weight is 456 g/mol. The van der Waals surface area contributed by atoms with Gasteiger partial charge in [-0.25, -0.2) is 8.42 Å². The van der Waals surface area contributed by atoms with Gasteiger partial charge in [-0.1, -0.05) is 39.0 Å². The number of sulfonamides is 1. The molecule has 0 fully saturated rings. The zero-order valence-electron chi connectivity index (χ0n) is 18.9. The summed E-state index contributed by atoms with van der Waals surface area (Å²) in [4.78, 5) is 11.9. The van der Waals surface area contributed by atoms with Crippen molar-refractivity contribution in [1.82, 2.24) is 0 Å². The van der Waals surface area contributed by atoms with Crippen LogP contribution in [0.3, 0.4) is 0 Å². The molecule has 170 valence electrons. The van der Waals surface area contributed by atoms with Crippen molar-refractivity contribution in [2.75, 3.05) is 29.9 Å². The number of carbonyl (C=O) groups excluding carboxylic acids is 1. The minimum Gasteiger partial charge on any atom is -0.496 e. The first-order chi connectivity index (χ1) is 14.9. The lowest BCUT2D eigenvalue weighted by Crippen LogP contribution is -2.22. The first-order valence-corrected chi connectivity index (χ1v) is 12.0. The number of fused-ring (bicyclic) bond motifs is 1. The van der Waals surface area contributed by atoms with E-state index in [1.54, 1.807) is 19.2 Å². The van der Waals surface area contributed by atoms with Gasteiger partial charge in [-0.2, -0.15) is 0 Å². The molecular formula is C24H29N3O4S. The molecule has 0 unspecified atom stereocenters. The van der Waals surface area contributed by atoms with Gasteiger partial charge in [0.25, 0.3) is 0 Å². The van der Waals surface area contributed by atoms with Gasteiger partial charge in [0, 0.05) is 22.5 Å². The first-order valence-electron chi connectivity index (χ1n) is 10.2. The number of anilines is 2. The smallest absolute Gasteiger partial charge is 0.238 e. The maximum absolute atomic E-state index is 11.9. The summed E-state index contributed by atoms with van der Waals surface area (Å²) in [5.74, 6) is 0.461. The van der Waals surface area contributed by atoms with Crippen molar-refractivity contribution in [3.63, 3.8) is 0 Å². The number of amides is 1. The Kier molecular flexibility index (Phi) is 6.48. The van der Waals surface area contributed by atoms with E-state index in [4.69, 9.17) is 10.5 Å². The van der Waals surface area contributed by atoms with E-state index in [-0.39, 0.29) is 17.9 Å². The summed E-state index contributed by atoms with van der Waals surface area (Å²) in [5.41, 5.74) is 9.11. The van der Waals surface area contributed by atoms with E-state index in [0.717, 1.165) is 39.5 Å². The lowest BCUT2D eigenvalue weighted by molar-refractivity contribution is -0.114. The second kappa shape index (κ2) is 8.80. The van der Waals surface area contributed by atoms with Gasteiger partial charge in [0.2, 0.25) is 15.9 Å². The van der Waals surface area contributed by atoms with E-state index in [9.17, 15) is 13.2 Å². The normalized spacial score (nSPS) is 11.9. The third-order valence-corrected chi connectivity index (χ3v) is 5.63. The summed E-state index contributed by atoms with van der Waals surface area (Å²) in [6, 6.07) is 15.1. The average Bonchev–Trinajstić information content (AvgIpc) is 2.70. The minimum atomic E-state index is -3.35. The molecule has 0 saturated heterocycles. The van der Waals surface area contributed by atoms with Gasteiger partial charge in [-0.15, -0.1) is 0 Å². The van der Waals surface area contributed by atoms with Crippen LogP contribution in [0.4, 0.5) is 11.4 Å². The predicted molar refractivity (Wildman–Crippen MR) is 131 cm³/mol. The quantitative estimate of drug-likeness (QED) is 0.519. The molecule has 4 N–H and O–H groups in total. The maximum atomic E-state index is 11.9. The fourth-order valence-corrected chi connectivity index (χ4v) is 4.15. The molecule has 0 heterocycles. The number of rotatable bonds is 6. The van der Waals surface area contributed by atoms with Crippen LogP contribution in [0.25, 0.3) is 21.9 Å². The molecular weight excluding hydrogens is 426 g/mol. The summed E-state index contributed by atoms with van der Waals surface area (Å²) < 4.78 is 31.4. The third kappa shape index (κ3) is 5.38. The molecule has 7 nitrogen and oxygen atoms in total. The van der Waals surface area contributed by atoms with Crippen molar-refractivity contribution in [3.05, 3.63) is 54.1 Å². The summed E-state index contributed by atoms with van der Waals surface area (Å²) >= 11 is 0. The van der Waals surface area contributed by atoms with Gasteiger partial charge in [-0.3, -0.25) is 9.52 Å². The Labute approximate surface area is 189 Å². The van der Waals surface area contributed by atoms with Crippen molar-refractivity contribution in [2.45, 2.75) is 26.2 Å². The number of hydrogen-bond donors (Lipinski definition) is 3. The molecule has 0 bridgehead atoms. The number of hydrogen-bond acceptors (Lipinski definition) is 5. The molecule has 0 radical (unpaired) electrons. The lowest BCUT2D eigenvalue weighted by atomic mass is 9.83. The molecule has 0 atom stereocenters. The van der Waals surface area contributed by atoms with Crippen LogP contribution in [0.15, 0.2) is 48.5 Å². The largest absolute Gasteiger partial charge is 0.496 e. The summed E-state index contributed by atoms with van der Waals surface area (Å²) in [6.45, 7) is 6.14. The summed E-state index contributed by atoms with van der Waals surface area (Å²) in [6.07, 6.45) is 1.12. The molecule has 3 aromatic carbocycles. The molecule has 1 amide bonds. The Morgan fingerprint density at radius 2 is 1.66 bits per heavy atom. The Balaban J connectivity index is 2.16. The van der Waals surface area contributed by atoms with E-state index >= 15 is 0 Å². The van der Waals surface area contributed by atoms with Gasteiger partial charge >= 0.3 is 0 Å². The number of ether oxygens (including phenoxy) is 1. The highest BCUT2D eigenvalue weighted by molar-refractivity contribution is 7.92. The van der Waals surface area contributed by atoms with Crippen molar-refractivity contribution >= 4 is 38.1 Å². The maximum Gasteiger partial charge on any atom is 0.238 e. The molecule has 0 saturated carbocycles. The second-order valence-electron chi connectivity index (χ2n) is 8.76. The fourth-order valence-electron chi connectivity index (χ4n) is 3.60. The van der Waals surface area contributed by atoms with E-state index in [0.29, 0.717) is 11.4 Å². The second-order valence-corrected chi connectivity index (χ2v) is 10.5. The highest BCUT2D eigenvalue weighted by Gasteiger charge is 2.23. The zero-order valence-corrected chi connectivity index (χ0v) is 19.8. The van der Waals surface area contributed by atoms with Crippen LogP contribution in [0.5, 0.6) is 5.75 Å². The summed E-state index contributed by atoms with van der Waals surface area (Å²) in [5, 5.41) is 4.68. The van der Waals surface area contributed by atoms with Crippen LogP contribution in [0.2, 0.25) is 0 Å². The van der Waals surface area contributed by atoms with Crippen LogP contribution in [0.1, 0.15) is 26.3 Å². The van der Waals surface area contributed by atoms with Crippen molar-refractivity contribution < 1.29 is 17.9 Å². The topological polar surface area (TPSA) is 111 Å². The molecule has 8 heteroatoms. The fraction of sp³-hybridized carbons (Fsp3) is 0.292. The van der Waals surface area contributed by atoms with Gasteiger partial charge in [0.05, 0.1) is 19.9 Å². The number of carbonyl (C=O) groups is 1. The minimum absolute atomic E-state index is 0.105. The molecule has 3 aromatic rings. The van der Waals surface area contributed by atoms with Crippen LogP contribution in [-0.4, -0.2) is 34.2 Å². The molecule has 3 rings (SSSR count). The van der Waals surface area contributed by atoms with Crippen molar-refractivity contribution in [2.24, 2.45) is 5.73 Å². The van der Waals surface area contributed by atoms with E-state index in [1.807, 2.05) is 36.4 Å². The predicted octanol–water partition coefficient (Wildman–Crippen LogP) is 4.08. The first kappa shape index (κ1) is 23.6. The van der Waals surface area contributed by atoms with Crippen molar-refractivity contribution in [3.8, 4) is 16.9 Å². The van der Waals surface area contributed by atoms with Gasteiger partial charge < -0.3 is 15.8 Å². The van der Waals surface area contributed by atoms with E-state index in [1.165, 1.54) is 0 Å². The molecule has 0 aliphatic carbocycles. The number of benzene rings is 3. The Bertz CT molecular complexity index is 1280. The van der Waals surface area contributed by atoms with E-state index in [2.05, 4.69) is 30.8 Å². The zero-order chi connectivity index (χ0) is 23.7. The SMILES string of the molecule is COc1c(-c2ccc3cc(NS(C)(=O)=O)ccc3c2)cc(NC(=O)CN)cc1C(C)(C)C. The standard InChI is InChI=1S/C24H29N3O4S/c1-24(2,3)21-13-19(26-22(28)14-25)12-20(23(21)31-4)17-7-6-16-11-18(27-32(5,29)30)9-8-15(16)10-17/h6-13,27H,14,25H2,1-5H3,(H,26,28). The van der Waals surface area contributed by atoms with Crippen LogP contribution in [0, 0.1) is 0 Å². The molecule has 32 heavy (non-hydrogen) atoms. The highest BCUT2D eigenvalue weighted by Crippen LogP contribution is 2.42. The third-order valence-electron chi connectivity index (χ3n) is 5.02. The number of nitrogens with two attached hydrogens (primary N) is 1. The van der Waals surface area contributed by atoms with Gasteiger partial charge in [0.15, 0.2) is 0 Å². The van der Waals surface area contributed by atoms with Crippen LogP contribution in [-0.2, 0) is 20.2 Å². The van der Waals surface area contributed by atoms with E-state index < -0.39 is 10.0 Å². The number of nitrogens with one attached hydrogen (secondary N) is 2. The molecule has 0 aliphatic rings. The monoisotopic (exact) mass is 455 g/mol. The van der Waals surface area contributed by atoms with Crippen LogP contribution >= 0.6 is 0 Å². The number of methoxy groups -OCH3 is 1. The lowest BCUT2D eigenvalue weighted by Gasteiger charge is -2.25. The van der Waals surface area contributed by atoms with Gasteiger partial charge in [0.1, 0.15) is 5.75 Å². The Morgan fingerprint density at radius 3 is 2.25 bits per heavy atom. The highest BCUT2D eigenvalue weighted by atomic mass is 32.2.